The van der Waals surface area contributed by atoms with Crippen LogP contribution in [0.3, 0.4) is 0 Å². The number of ether oxygens (including phenoxy) is 2. The normalized spacial score (nSPS) is 13.1. The molecule has 0 saturated heterocycles. The summed E-state index contributed by atoms with van der Waals surface area (Å²) in [5, 5.41) is 0. The molecular formula is C12H22O4. The van der Waals surface area contributed by atoms with E-state index in [1.807, 2.05) is 6.92 Å². The summed E-state index contributed by atoms with van der Waals surface area (Å²) in [5.74, 6) is -0.588. The quantitative estimate of drug-likeness (QED) is 0.656. The van der Waals surface area contributed by atoms with Crippen LogP contribution in [0, 0.1) is 11.3 Å². The minimum atomic E-state index is -0.267. The average Bonchev–Trinajstić information content (AvgIpc) is 2.14. The standard InChI is InChI=1S/C12H22O4/c1-9(11(14)15-5)8-12(3,4)6-7-16-10(2)13/h9H,6-8H2,1-5H3. The zero-order valence-corrected chi connectivity index (χ0v) is 10.8. The number of carbonyl (C=O) groups is 2. The summed E-state index contributed by atoms with van der Waals surface area (Å²) in [6.07, 6.45) is 1.47. The Morgan fingerprint density at radius 3 is 2.31 bits per heavy atom. The van der Waals surface area contributed by atoms with E-state index in [0.717, 1.165) is 12.8 Å². The Morgan fingerprint density at radius 1 is 1.31 bits per heavy atom. The van der Waals surface area contributed by atoms with Crippen molar-refractivity contribution in [2.45, 2.75) is 40.5 Å². The second-order valence-electron chi connectivity index (χ2n) is 4.88. The van der Waals surface area contributed by atoms with Crippen molar-refractivity contribution in [2.75, 3.05) is 13.7 Å². The third-order valence-corrected chi connectivity index (χ3v) is 2.55. The maximum atomic E-state index is 11.3. The van der Waals surface area contributed by atoms with Crippen molar-refractivity contribution in [3.05, 3.63) is 0 Å². The summed E-state index contributed by atoms with van der Waals surface area (Å²) in [7, 11) is 1.39. The second-order valence-corrected chi connectivity index (χ2v) is 4.88. The molecule has 0 aliphatic carbocycles. The molecule has 16 heavy (non-hydrogen) atoms. The third-order valence-electron chi connectivity index (χ3n) is 2.55. The first-order chi connectivity index (χ1) is 7.28. The first kappa shape index (κ1) is 14.9. The molecule has 1 atom stereocenters. The van der Waals surface area contributed by atoms with E-state index in [1.165, 1.54) is 14.0 Å². The molecule has 4 heteroatoms. The van der Waals surface area contributed by atoms with Crippen molar-refractivity contribution in [2.24, 2.45) is 11.3 Å². The molecular weight excluding hydrogens is 208 g/mol. The van der Waals surface area contributed by atoms with Crippen molar-refractivity contribution in [3.8, 4) is 0 Å². The number of hydrogen-bond donors (Lipinski definition) is 0. The maximum Gasteiger partial charge on any atom is 0.308 e. The van der Waals surface area contributed by atoms with Crippen molar-refractivity contribution in [1.82, 2.24) is 0 Å². The van der Waals surface area contributed by atoms with Gasteiger partial charge < -0.3 is 9.47 Å². The van der Waals surface area contributed by atoms with Gasteiger partial charge in [0.15, 0.2) is 0 Å². The Kier molecular flexibility index (Phi) is 6.08. The van der Waals surface area contributed by atoms with Gasteiger partial charge in [-0.1, -0.05) is 20.8 Å². The maximum absolute atomic E-state index is 11.3. The second kappa shape index (κ2) is 6.51. The number of rotatable bonds is 6. The third kappa shape index (κ3) is 6.43. The van der Waals surface area contributed by atoms with Crippen LogP contribution < -0.4 is 0 Å². The minimum Gasteiger partial charge on any atom is -0.469 e. The van der Waals surface area contributed by atoms with E-state index in [0.29, 0.717) is 6.61 Å². The van der Waals surface area contributed by atoms with Gasteiger partial charge in [0.05, 0.1) is 19.6 Å². The van der Waals surface area contributed by atoms with Gasteiger partial charge >= 0.3 is 11.9 Å². The Morgan fingerprint density at radius 2 is 1.88 bits per heavy atom. The summed E-state index contributed by atoms with van der Waals surface area (Å²) in [4.78, 5) is 21.9. The number of esters is 2. The van der Waals surface area contributed by atoms with Gasteiger partial charge in [-0.05, 0) is 18.3 Å². The van der Waals surface area contributed by atoms with Gasteiger partial charge in [-0.2, -0.15) is 0 Å². The van der Waals surface area contributed by atoms with Gasteiger partial charge in [0, 0.05) is 6.92 Å². The molecule has 94 valence electrons. The highest BCUT2D eigenvalue weighted by Gasteiger charge is 2.25. The lowest BCUT2D eigenvalue weighted by Crippen LogP contribution is -2.23. The Bertz CT molecular complexity index is 245. The summed E-state index contributed by atoms with van der Waals surface area (Å²) >= 11 is 0. The molecule has 1 unspecified atom stereocenters. The highest BCUT2D eigenvalue weighted by atomic mass is 16.5. The summed E-state index contributed by atoms with van der Waals surface area (Å²) in [5.41, 5.74) is -0.0386. The van der Waals surface area contributed by atoms with Gasteiger partial charge in [-0.25, -0.2) is 0 Å². The molecule has 4 nitrogen and oxygen atoms in total. The number of methoxy groups -OCH3 is 1. The van der Waals surface area contributed by atoms with Crippen LogP contribution in [-0.2, 0) is 19.1 Å². The van der Waals surface area contributed by atoms with Crippen LogP contribution in [0.25, 0.3) is 0 Å². The SMILES string of the molecule is COC(=O)C(C)CC(C)(C)CCOC(C)=O. The van der Waals surface area contributed by atoms with E-state index in [9.17, 15) is 9.59 Å². The molecule has 0 aromatic rings. The first-order valence-electron chi connectivity index (χ1n) is 5.49. The first-order valence-corrected chi connectivity index (χ1v) is 5.49. The largest absolute Gasteiger partial charge is 0.469 e. The molecule has 0 heterocycles. The molecule has 0 spiro atoms. The predicted octanol–water partition coefficient (Wildman–Crippen LogP) is 2.17. The van der Waals surface area contributed by atoms with Gasteiger partial charge in [0.2, 0.25) is 0 Å². The van der Waals surface area contributed by atoms with E-state index < -0.39 is 0 Å². The predicted molar refractivity (Wildman–Crippen MR) is 60.8 cm³/mol. The molecule has 0 rings (SSSR count). The average molecular weight is 230 g/mol. The zero-order chi connectivity index (χ0) is 12.8. The minimum absolute atomic E-state index is 0.0386. The molecule has 0 aliphatic rings. The fraction of sp³-hybridized carbons (Fsp3) is 0.833. The van der Waals surface area contributed by atoms with Gasteiger partial charge in [0.25, 0.3) is 0 Å². The molecule has 0 aliphatic heterocycles. The number of carbonyl (C=O) groups excluding carboxylic acids is 2. The van der Waals surface area contributed by atoms with Crippen LogP contribution in [0.4, 0.5) is 0 Å². The number of hydrogen-bond acceptors (Lipinski definition) is 4. The Balaban J connectivity index is 4.03. The van der Waals surface area contributed by atoms with Crippen molar-refractivity contribution < 1.29 is 19.1 Å². The van der Waals surface area contributed by atoms with Gasteiger partial charge in [-0.3, -0.25) is 9.59 Å². The highest BCUT2D eigenvalue weighted by molar-refractivity contribution is 5.71. The molecule has 0 fully saturated rings. The van der Waals surface area contributed by atoms with E-state index in [4.69, 9.17) is 4.74 Å². The lowest BCUT2D eigenvalue weighted by atomic mass is 9.81. The van der Waals surface area contributed by atoms with Crippen LogP contribution >= 0.6 is 0 Å². The van der Waals surface area contributed by atoms with Gasteiger partial charge in [0.1, 0.15) is 0 Å². The van der Waals surface area contributed by atoms with Crippen molar-refractivity contribution in [1.29, 1.82) is 0 Å². The zero-order valence-electron chi connectivity index (χ0n) is 10.8. The van der Waals surface area contributed by atoms with Gasteiger partial charge in [-0.15, -0.1) is 0 Å². The summed E-state index contributed by atoms with van der Waals surface area (Å²) in [6.45, 7) is 7.74. The summed E-state index contributed by atoms with van der Waals surface area (Å²) in [6, 6.07) is 0. The fourth-order valence-electron chi connectivity index (χ4n) is 1.69. The molecule has 0 aromatic carbocycles. The molecule has 0 aromatic heterocycles. The van der Waals surface area contributed by atoms with Crippen LogP contribution in [0.15, 0.2) is 0 Å². The van der Waals surface area contributed by atoms with E-state index in [-0.39, 0.29) is 23.3 Å². The molecule has 0 N–H and O–H groups in total. The van der Waals surface area contributed by atoms with Crippen molar-refractivity contribution in [3.63, 3.8) is 0 Å². The molecule has 0 amide bonds. The van der Waals surface area contributed by atoms with Crippen LogP contribution in [0.1, 0.15) is 40.5 Å². The Hall–Kier alpha value is -1.06. The highest BCUT2D eigenvalue weighted by Crippen LogP contribution is 2.29. The van der Waals surface area contributed by atoms with Crippen molar-refractivity contribution >= 4 is 11.9 Å². The Labute approximate surface area is 97.3 Å². The topological polar surface area (TPSA) is 52.6 Å². The van der Waals surface area contributed by atoms with E-state index in [1.54, 1.807) is 0 Å². The van der Waals surface area contributed by atoms with E-state index in [2.05, 4.69) is 18.6 Å². The molecule has 0 bridgehead atoms. The van der Waals surface area contributed by atoms with E-state index >= 15 is 0 Å². The van der Waals surface area contributed by atoms with Crippen LogP contribution in [0.2, 0.25) is 0 Å². The lowest BCUT2D eigenvalue weighted by molar-refractivity contribution is -0.147. The smallest absolute Gasteiger partial charge is 0.308 e. The molecule has 0 saturated carbocycles. The monoisotopic (exact) mass is 230 g/mol. The summed E-state index contributed by atoms with van der Waals surface area (Å²) < 4.78 is 9.57. The molecule has 0 radical (unpaired) electrons. The van der Waals surface area contributed by atoms with Crippen LogP contribution in [-0.4, -0.2) is 25.7 Å². The lowest BCUT2D eigenvalue weighted by Gasteiger charge is -2.26. The fourth-order valence-corrected chi connectivity index (χ4v) is 1.69. The van der Waals surface area contributed by atoms with Crippen LogP contribution in [0.5, 0.6) is 0 Å².